The Bertz CT molecular complexity index is 701. The fourth-order valence-electron chi connectivity index (χ4n) is 2.92. The highest BCUT2D eigenvalue weighted by atomic mass is 16.2. The summed E-state index contributed by atoms with van der Waals surface area (Å²) in [6.07, 6.45) is 3.88. The molecule has 1 heterocycles. The average Bonchev–Trinajstić information content (AvgIpc) is 2.67. The quantitative estimate of drug-likeness (QED) is 0.687. The van der Waals surface area contributed by atoms with E-state index < -0.39 is 0 Å². The van der Waals surface area contributed by atoms with Gasteiger partial charge in [0.15, 0.2) is 0 Å². The molecule has 3 rings (SSSR count). The molecule has 1 saturated heterocycles. The summed E-state index contributed by atoms with van der Waals surface area (Å²) in [7, 11) is 0. The number of piperidine rings is 1. The summed E-state index contributed by atoms with van der Waals surface area (Å²) in [5.41, 5.74) is 6.30. The first kappa shape index (κ1) is 16.2. The van der Waals surface area contributed by atoms with Crippen LogP contribution in [-0.2, 0) is 0 Å². The highest BCUT2D eigenvalue weighted by Crippen LogP contribution is 2.20. The molecule has 0 aromatic heterocycles. The van der Waals surface area contributed by atoms with Gasteiger partial charge in [-0.25, -0.2) is 5.43 Å². The first-order valence-corrected chi connectivity index (χ1v) is 8.49. The van der Waals surface area contributed by atoms with Gasteiger partial charge >= 0.3 is 0 Å². The van der Waals surface area contributed by atoms with E-state index in [1.165, 1.54) is 24.9 Å². The van der Waals surface area contributed by atoms with Crippen molar-refractivity contribution in [2.75, 3.05) is 18.0 Å². The van der Waals surface area contributed by atoms with Crippen LogP contribution in [0.5, 0.6) is 0 Å². The van der Waals surface area contributed by atoms with Gasteiger partial charge in [0, 0.05) is 24.3 Å². The van der Waals surface area contributed by atoms with Gasteiger partial charge in [-0.3, -0.25) is 4.79 Å². The van der Waals surface area contributed by atoms with Crippen molar-refractivity contribution in [1.29, 1.82) is 0 Å². The number of nitrogens with zero attached hydrogens (tertiary/aromatic N) is 2. The van der Waals surface area contributed by atoms with Gasteiger partial charge in [-0.1, -0.05) is 30.3 Å². The Balaban J connectivity index is 1.64. The van der Waals surface area contributed by atoms with Crippen LogP contribution in [0, 0.1) is 0 Å². The fraction of sp³-hybridized carbons (Fsp3) is 0.300. The molecule has 124 valence electrons. The maximum atomic E-state index is 12.0. The van der Waals surface area contributed by atoms with Crippen LogP contribution in [0.2, 0.25) is 0 Å². The molecule has 0 atom stereocenters. The van der Waals surface area contributed by atoms with Crippen molar-refractivity contribution in [3.8, 4) is 0 Å². The zero-order valence-corrected chi connectivity index (χ0v) is 14.0. The van der Waals surface area contributed by atoms with Crippen LogP contribution in [-0.4, -0.2) is 24.7 Å². The number of anilines is 1. The molecule has 1 amide bonds. The molecular weight excluding hydrogens is 298 g/mol. The van der Waals surface area contributed by atoms with Crippen LogP contribution in [0.4, 0.5) is 5.69 Å². The number of amides is 1. The number of hydrogen-bond donors (Lipinski definition) is 1. The summed E-state index contributed by atoms with van der Waals surface area (Å²) in [6, 6.07) is 17.5. The number of hydrogen-bond acceptors (Lipinski definition) is 3. The van der Waals surface area contributed by atoms with Gasteiger partial charge in [0.2, 0.25) is 0 Å². The predicted octanol–water partition coefficient (Wildman–Crippen LogP) is 3.83. The van der Waals surface area contributed by atoms with Crippen molar-refractivity contribution < 1.29 is 4.79 Å². The smallest absolute Gasteiger partial charge is 0.271 e. The molecule has 4 nitrogen and oxygen atoms in total. The molecule has 2 aromatic rings. The number of rotatable bonds is 4. The largest absolute Gasteiger partial charge is 0.372 e. The van der Waals surface area contributed by atoms with E-state index >= 15 is 0 Å². The molecule has 2 aromatic carbocycles. The third kappa shape index (κ3) is 4.02. The first-order valence-electron chi connectivity index (χ1n) is 8.49. The minimum atomic E-state index is -0.195. The summed E-state index contributed by atoms with van der Waals surface area (Å²) >= 11 is 0. The molecule has 0 saturated carbocycles. The minimum Gasteiger partial charge on any atom is -0.372 e. The Morgan fingerprint density at radius 3 is 2.25 bits per heavy atom. The molecule has 0 bridgehead atoms. The summed E-state index contributed by atoms with van der Waals surface area (Å²) in [4.78, 5) is 14.4. The monoisotopic (exact) mass is 321 g/mol. The van der Waals surface area contributed by atoms with E-state index in [0.717, 1.165) is 24.4 Å². The van der Waals surface area contributed by atoms with Gasteiger partial charge in [0.05, 0.1) is 5.71 Å². The lowest BCUT2D eigenvalue weighted by atomic mass is 10.1. The number of hydrazone groups is 1. The molecule has 0 aliphatic carbocycles. The van der Waals surface area contributed by atoms with Gasteiger partial charge in [-0.05, 0) is 56.0 Å². The van der Waals surface area contributed by atoms with Crippen molar-refractivity contribution in [1.82, 2.24) is 5.43 Å². The van der Waals surface area contributed by atoms with Crippen LogP contribution >= 0.6 is 0 Å². The van der Waals surface area contributed by atoms with Crippen molar-refractivity contribution >= 4 is 17.3 Å². The molecule has 0 unspecified atom stereocenters. The number of carbonyl (C=O) groups is 1. The second-order valence-corrected chi connectivity index (χ2v) is 6.10. The van der Waals surface area contributed by atoms with Crippen LogP contribution in [0.3, 0.4) is 0 Å². The zero-order chi connectivity index (χ0) is 16.8. The Hall–Kier alpha value is -2.62. The first-order chi connectivity index (χ1) is 11.7. The van der Waals surface area contributed by atoms with Crippen LogP contribution in [0.25, 0.3) is 0 Å². The fourth-order valence-corrected chi connectivity index (χ4v) is 2.92. The Kier molecular flexibility index (Phi) is 5.26. The lowest BCUT2D eigenvalue weighted by molar-refractivity contribution is 0.0955. The lowest BCUT2D eigenvalue weighted by Gasteiger charge is -2.28. The number of carbonyl (C=O) groups excluding carboxylic acids is 1. The van der Waals surface area contributed by atoms with Crippen LogP contribution in [0.15, 0.2) is 59.7 Å². The van der Waals surface area contributed by atoms with Crippen LogP contribution in [0.1, 0.15) is 42.1 Å². The summed E-state index contributed by atoms with van der Waals surface area (Å²) in [5.74, 6) is -0.195. The summed E-state index contributed by atoms with van der Waals surface area (Å²) in [5, 5.41) is 4.22. The second-order valence-electron chi connectivity index (χ2n) is 6.10. The minimum absolute atomic E-state index is 0.195. The summed E-state index contributed by atoms with van der Waals surface area (Å²) < 4.78 is 0. The average molecular weight is 321 g/mol. The molecule has 1 aliphatic heterocycles. The highest BCUT2D eigenvalue weighted by Gasteiger charge is 2.11. The number of benzene rings is 2. The molecule has 1 fully saturated rings. The topological polar surface area (TPSA) is 44.7 Å². The van der Waals surface area contributed by atoms with Gasteiger partial charge in [0.25, 0.3) is 5.91 Å². The number of nitrogens with one attached hydrogen (secondary N) is 1. The Morgan fingerprint density at radius 2 is 1.58 bits per heavy atom. The highest BCUT2D eigenvalue weighted by molar-refractivity contribution is 6.01. The van der Waals surface area contributed by atoms with E-state index in [0.29, 0.717) is 5.56 Å². The Morgan fingerprint density at radius 1 is 0.917 bits per heavy atom. The van der Waals surface area contributed by atoms with Crippen LogP contribution < -0.4 is 10.3 Å². The molecule has 0 radical (unpaired) electrons. The zero-order valence-electron chi connectivity index (χ0n) is 14.0. The van der Waals surface area contributed by atoms with E-state index in [4.69, 9.17) is 0 Å². The predicted molar refractivity (Wildman–Crippen MR) is 98.6 cm³/mol. The standard InChI is InChI=1S/C20H23N3O/c1-16(21-22-20(24)18-8-4-2-5-9-18)17-10-12-19(13-11-17)23-14-6-3-7-15-23/h2,4-5,8-13H,3,6-7,14-15H2,1H3,(H,22,24)/b21-16-. The van der Waals surface area contributed by atoms with E-state index in [1.807, 2.05) is 25.1 Å². The van der Waals surface area contributed by atoms with Crippen molar-refractivity contribution in [3.63, 3.8) is 0 Å². The molecule has 1 N–H and O–H groups in total. The second kappa shape index (κ2) is 7.77. The summed E-state index contributed by atoms with van der Waals surface area (Å²) in [6.45, 7) is 4.18. The molecule has 4 heteroatoms. The van der Waals surface area contributed by atoms with Gasteiger partial charge in [-0.15, -0.1) is 0 Å². The third-order valence-electron chi connectivity index (χ3n) is 4.37. The normalized spacial score (nSPS) is 15.2. The van der Waals surface area contributed by atoms with E-state index in [-0.39, 0.29) is 5.91 Å². The van der Waals surface area contributed by atoms with Gasteiger partial charge in [-0.2, -0.15) is 5.10 Å². The van der Waals surface area contributed by atoms with Crippen molar-refractivity contribution in [2.45, 2.75) is 26.2 Å². The Labute approximate surface area is 143 Å². The van der Waals surface area contributed by atoms with E-state index in [9.17, 15) is 4.79 Å². The lowest BCUT2D eigenvalue weighted by Crippen LogP contribution is -2.29. The molecule has 1 aliphatic rings. The molecule has 0 spiro atoms. The maximum absolute atomic E-state index is 12.0. The SMILES string of the molecule is C/C(=N/NC(=O)c1ccccc1)c1ccc(N2CCCCC2)cc1. The maximum Gasteiger partial charge on any atom is 0.271 e. The van der Waals surface area contributed by atoms with Crippen molar-refractivity contribution in [2.24, 2.45) is 5.10 Å². The van der Waals surface area contributed by atoms with Gasteiger partial charge < -0.3 is 4.90 Å². The molecule has 24 heavy (non-hydrogen) atoms. The van der Waals surface area contributed by atoms with Gasteiger partial charge in [0.1, 0.15) is 0 Å². The van der Waals surface area contributed by atoms with E-state index in [2.05, 4.69) is 39.7 Å². The van der Waals surface area contributed by atoms with Crippen molar-refractivity contribution in [3.05, 3.63) is 65.7 Å². The molecular formula is C20H23N3O. The third-order valence-corrected chi connectivity index (χ3v) is 4.37. The van der Waals surface area contributed by atoms with E-state index in [1.54, 1.807) is 12.1 Å².